The van der Waals surface area contributed by atoms with Crippen molar-refractivity contribution in [3.8, 4) is 0 Å². The smallest absolute Gasteiger partial charge is 0.254 e. The molecule has 116 valence electrons. The average Bonchev–Trinajstić information content (AvgIpc) is 2.51. The summed E-state index contributed by atoms with van der Waals surface area (Å²) in [5.41, 5.74) is 2.04. The van der Waals surface area contributed by atoms with Crippen LogP contribution < -0.4 is 5.32 Å². The Hall–Kier alpha value is -2.20. The first-order chi connectivity index (χ1) is 10.6. The molecule has 0 aliphatic rings. The number of halogens is 1. The molecule has 0 aromatic heterocycles. The second-order valence-corrected chi connectivity index (χ2v) is 5.29. The molecule has 0 radical (unpaired) electrons. The highest BCUT2D eigenvalue weighted by Crippen LogP contribution is 2.12. The third kappa shape index (κ3) is 4.40. The van der Waals surface area contributed by atoms with Gasteiger partial charge in [-0.3, -0.25) is 4.79 Å². The number of hydrogen-bond acceptors (Lipinski definition) is 2. The number of ether oxygens (including phenoxy) is 1. The molecular formula is C18H20FNO2. The Morgan fingerprint density at radius 1 is 1.09 bits per heavy atom. The van der Waals surface area contributed by atoms with Crippen LogP contribution in [0.25, 0.3) is 0 Å². The topological polar surface area (TPSA) is 38.3 Å². The highest BCUT2D eigenvalue weighted by atomic mass is 19.1. The normalized spacial score (nSPS) is 10.7. The minimum atomic E-state index is -0.517. The lowest BCUT2D eigenvalue weighted by Crippen LogP contribution is -2.24. The molecule has 0 saturated heterocycles. The number of carbonyl (C=O) groups is 1. The van der Waals surface area contributed by atoms with Crippen molar-refractivity contribution < 1.29 is 13.9 Å². The fourth-order valence-corrected chi connectivity index (χ4v) is 2.04. The van der Waals surface area contributed by atoms with Crippen LogP contribution in [0.4, 0.5) is 4.39 Å². The summed E-state index contributed by atoms with van der Waals surface area (Å²) >= 11 is 0. The zero-order valence-electron chi connectivity index (χ0n) is 12.8. The standard InChI is InChI=1S/C18H20FNO2/c1-13(2)22-12-15-8-4-3-7-14(15)11-20-18(21)16-9-5-6-10-17(16)19/h3-10,13H,11-12H2,1-2H3,(H,20,21). The molecule has 0 spiro atoms. The van der Waals surface area contributed by atoms with Crippen molar-refractivity contribution in [1.29, 1.82) is 0 Å². The lowest BCUT2D eigenvalue weighted by Gasteiger charge is -2.13. The Kier molecular flexibility index (Phi) is 5.67. The lowest BCUT2D eigenvalue weighted by atomic mass is 10.1. The third-order valence-electron chi connectivity index (χ3n) is 3.25. The molecule has 3 nitrogen and oxygen atoms in total. The molecule has 0 heterocycles. The third-order valence-corrected chi connectivity index (χ3v) is 3.25. The van der Waals surface area contributed by atoms with Crippen molar-refractivity contribution in [3.63, 3.8) is 0 Å². The van der Waals surface area contributed by atoms with Crippen LogP contribution in [0.5, 0.6) is 0 Å². The van der Waals surface area contributed by atoms with E-state index in [2.05, 4.69) is 5.32 Å². The summed E-state index contributed by atoms with van der Waals surface area (Å²) in [4.78, 5) is 12.0. The van der Waals surface area contributed by atoms with Crippen molar-refractivity contribution in [2.45, 2.75) is 33.1 Å². The van der Waals surface area contributed by atoms with E-state index in [-0.39, 0.29) is 11.7 Å². The van der Waals surface area contributed by atoms with Gasteiger partial charge in [-0.25, -0.2) is 4.39 Å². The van der Waals surface area contributed by atoms with Gasteiger partial charge in [0, 0.05) is 6.54 Å². The molecule has 0 atom stereocenters. The monoisotopic (exact) mass is 301 g/mol. The number of carbonyl (C=O) groups excluding carboxylic acids is 1. The predicted molar refractivity (Wildman–Crippen MR) is 83.9 cm³/mol. The second-order valence-electron chi connectivity index (χ2n) is 5.29. The van der Waals surface area contributed by atoms with Gasteiger partial charge in [-0.2, -0.15) is 0 Å². The molecule has 0 unspecified atom stereocenters. The highest BCUT2D eigenvalue weighted by molar-refractivity contribution is 5.94. The van der Waals surface area contributed by atoms with Crippen molar-refractivity contribution in [1.82, 2.24) is 5.32 Å². The van der Waals surface area contributed by atoms with E-state index < -0.39 is 11.7 Å². The SMILES string of the molecule is CC(C)OCc1ccccc1CNC(=O)c1ccccc1F. The molecule has 0 fully saturated rings. The maximum Gasteiger partial charge on any atom is 0.254 e. The van der Waals surface area contributed by atoms with Crippen molar-refractivity contribution in [2.24, 2.45) is 0 Å². The first kappa shape index (κ1) is 16.2. The molecule has 1 amide bonds. The van der Waals surface area contributed by atoms with E-state index in [9.17, 15) is 9.18 Å². The van der Waals surface area contributed by atoms with Gasteiger partial charge in [0.05, 0.1) is 18.3 Å². The average molecular weight is 301 g/mol. The van der Waals surface area contributed by atoms with Gasteiger partial charge >= 0.3 is 0 Å². The molecule has 0 bridgehead atoms. The fourth-order valence-electron chi connectivity index (χ4n) is 2.04. The van der Waals surface area contributed by atoms with Gasteiger partial charge in [0.1, 0.15) is 5.82 Å². The van der Waals surface area contributed by atoms with Gasteiger partial charge in [-0.1, -0.05) is 36.4 Å². The number of benzene rings is 2. The van der Waals surface area contributed by atoms with Gasteiger partial charge in [-0.15, -0.1) is 0 Å². The Morgan fingerprint density at radius 3 is 2.41 bits per heavy atom. The maximum absolute atomic E-state index is 13.6. The fraction of sp³-hybridized carbons (Fsp3) is 0.278. The Balaban J connectivity index is 2.02. The summed E-state index contributed by atoms with van der Waals surface area (Å²) in [7, 11) is 0. The molecule has 22 heavy (non-hydrogen) atoms. The number of hydrogen-bond donors (Lipinski definition) is 1. The maximum atomic E-state index is 13.6. The lowest BCUT2D eigenvalue weighted by molar-refractivity contribution is 0.0651. The Bertz CT molecular complexity index is 640. The van der Waals surface area contributed by atoms with E-state index in [0.29, 0.717) is 13.2 Å². The first-order valence-corrected chi connectivity index (χ1v) is 7.29. The van der Waals surface area contributed by atoms with Crippen LogP contribution in [0.3, 0.4) is 0 Å². The minimum absolute atomic E-state index is 0.0541. The molecule has 0 aliphatic heterocycles. The van der Waals surface area contributed by atoms with Crippen LogP contribution in [-0.2, 0) is 17.9 Å². The van der Waals surface area contributed by atoms with Crippen molar-refractivity contribution in [3.05, 3.63) is 71.0 Å². The summed E-state index contributed by atoms with van der Waals surface area (Å²) in [5, 5.41) is 2.75. The van der Waals surface area contributed by atoms with E-state index in [1.165, 1.54) is 12.1 Å². The van der Waals surface area contributed by atoms with E-state index in [4.69, 9.17) is 4.74 Å². The van der Waals surface area contributed by atoms with Crippen LogP contribution in [0.2, 0.25) is 0 Å². The molecule has 2 rings (SSSR count). The molecular weight excluding hydrogens is 281 g/mol. The van der Waals surface area contributed by atoms with Crippen molar-refractivity contribution in [2.75, 3.05) is 0 Å². The van der Waals surface area contributed by atoms with E-state index in [0.717, 1.165) is 11.1 Å². The van der Waals surface area contributed by atoms with E-state index in [1.807, 2.05) is 38.1 Å². The highest BCUT2D eigenvalue weighted by Gasteiger charge is 2.11. The molecule has 4 heteroatoms. The number of amides is 1. The Labute approximate surface area is 130 Å². The zero-order valence-corrected chi connectivity index (χ0v) is 12.8. The summed E-state index contributed by atoms with van der Waals surface area (Å²) in [5.74, 6) is -0.936. The van der Waals surface area contributed by atoms with Crippen LogP contribution in [0, 0.1) is 5.82 Å². The minimum Gasteiger partial charge on any atom is -0.374 e. The number of nitrogens with one attached hydrogen (secondary N) is 1. The van der Waals surface area contributed by atoms with Crippen LogP contribution in [-0.4, -0.2) is 12.0 Å². The van der Waals surface area contributed by atoms with Crippen LogP contribution in [0.15, 0.2) is 48.5 Å². The van der Waals surface area contributed by atoms with Gasteiger partial charge in [0.15, 0.2) is 0 Å². The van der Waals surface area contributed by atoms with Gasteiger partial charge in [0.2, 0.25) is 0 Å². The number of rotatable bonds is 6. The first-order valence-electron chi connectivity index (χ1n) is 7.29. The van der Waals surface area contributed by atoms with Crippen molar-refractivity contribution >= 4 is 5.91 Å². The van der Waals surface area contributed by atoms with Gasteiger partial charge in [0.25, 0.3) is 5.91 Å². The van der Waals surface area contributed by atoms with Gasteiger partial charge in [-0.05, 0) is 37.1 Å². The zero-order chi connectivity index (χ0) is 15.9. The van der Waals surface area contributed by atoms with E-state index in [1.54, 1.807) is 12.1 Å². The quantitative estimate of drug-likeness (QED) is 0.884. The summed E-state index contributed by atoms with van der Waals surface area (Å²) in [6.07, 6.45) is 0.140. The molecule has 2 aromatic carbocycles. The summed E-state index contributed by atoms with van der Waals surface area (Å²) in [6, 6.07) is 13.7. The predicted octanol–water partition coefficient (Wildman–Crippen LogP) is 3.68. The summed E-state index contributed by atoms with van der Waals surface area (Å²) < 4.78 is 19.2. The largest absolute Gasteiger partial charge is 0.374 e. The second kappa shape index (κ2) is 7.71. The molecule has 0 saturated carbocycles. The Morgan fingerprint density at radius 2 is 1.73 bits per heavy atom. The van der Waals surface area contributed by atoms with Crippen LogP contribution in [0.1, 0.15) is 35.3 Å². The summed E-state index contributed by atoms with van der Waals surface area (Å²) in [6.45, 7) is 4.78. The molecule has 0 aliphatic carbocycles. The molecule has 1 N–H and O–H groups in total. The van der Waals surface area contributed by atoms with Gasteiger partial charge < -0.3 is 10.1 Å². The van der Waals surface area contributed by atoms with E-state index >= 15 is 0 Å². The molecule has 2 aromatic rings. The van der Waals surface area contributed by atoms with Crippen LogP contribution >= 0.6 is 0 Å².